The molecule has 0 saturated heterocycles. The third-order valence-corrected chi connectivity index (χ3v) is 5.79. The van der Waals surface area contributed by atoms with E-state index in [1.54, 1.807) is 42.5 Å². The fourth-order valence-corrected chi connectivity index (χ4v) is 4.63. The molecule has 7 nitrogen and oxygen atoms in total. The van der Waals surface area contributed by atoms with Gasteiger partial charge in [-0.15, -0.1) is 0 Å². The lowest BCUT2D eigenvalue weighted by Crippen LogP contribution is -2.34. The van der Waals surface area contributed by atoms with E-state index < -0.39 is 15.9 Å². The SMILES string of the molecule is CC1Cc2cc(C(=O)NCc3cccc(C(N)=O)c3)ccc2N1S(C)(=O)=O. The summed E-state index contributed by atoms with van der Waals surface area (Å²) >= 11 is 0. The maximum Gasteiger partial charge on any atom is 0.251 e. The van der Waals surface area contributed by atoms with Crippen molar-refractivity contribution in [2.24, 2.45) is 5.73 Å². The fourth-order valence-electron chi connectivity index (χ4n) is 3.37. The fraction of sp³-hybridized carbons (Fsp3) is 0.263. The first-order chi connectivity index (χ1) is 12.7. The van der Waals surface area contributed by atoms with E-state index in [-0.39, 0.29) is 18.5 Å². The minimum atomic E-state index is -3.36. The molecular formula is C19H21N3O4S. The number of carbonyl (C=O) groups excluding carboxylic acids is 2. The van der Waals surface area contributed by atoms with Gasteiger partial charge in [0.05, 0.1) is 11.9 Å². The minimum Gasteiger partial charge on any atom is -0.366 e. The molecule has 8 heteroatoms. The Labute approximate surface area is 158 Å². The Hall–Kier alpha value is -2.87. The van der Waals surface area contributed by atoms with Crippen LogP contribution in [0.4, 0.5) is 5.69 Å². The quantitative estimate of drug-likeness (QED) is 0.808. The maximum absolute atomic E-state index is 12.5. The molecule has 2 amide bonds. The molecule has 2 aromatic rings. The van der Waals surface area contributed by atoms with Gasteiger partial charge in [-0.25, -0.2) is 8.42 Å². The van der Waals surface area contributed by atoms with Gasteiger partial charge in [-0.1, -0.05) is 12.1 Å². The second-order valence-corrected chi connectivity index (χ2v) is 8.56. The van der Waals surface area contributed by atoms with E-state index in [1.807, 2.05) is 6.92 Å². The third kappa shape index (κ3) is 3.95. The summed E-state index contributed by atoms with van der Waals surface area (Å²) in [5, 5.41) is 2.80. The number of hydrogen-bond acceptors (Lipinski definition) is 4. The Morgan fingerprint density at radius 1 is 1.19 bits per heavy atom. The van der Waals surface area contributed by atoms with Crippen molar-refractivity contribution in [1.82, 2.24) is 5.32 Å². The molecule has 27 heavy (non-hydrogen) atoms. The molecule has 0 aromatic heterocycles. The lowest BCUT2D eigenvalue weighted by molar-refractivity contribution is 0.0950. The molecule has 0 bridgehead atoms. The molecule has 0 spiro atoms. The van der Waals surface area contributed by atoms with E-state index in [1.165, 1.54) is 10.6 Å². The molecule has 0 saturated carbocycles. The molecule has 0 fully saturated rings. The smallest absolute Gasteiger partial charge is 0.251 e. The zero-order chi connectivity index (χ0) is 19.8. The Bertz CT molecular complexity index is 1020. The van der Waals surface area contributed by atoms with Gasteiger partial charge in [0, 0.05) is 23.7 Å². The van der Waals surface area contributed by atoms with Gasteiger partial charge >= 0.3 is 0 Å². The van der Waals surface area contributed by atoms with Crippen molar-refractivity contribution in [1.29, 1.82) is 0 Å². The number of carbonyl (C=O) groups is 2. The molecule has 2 aromatic carbocycles. The highest BCUT2D eigenvalue weighted by Gasteiger charge is 2.32. The van der Waals surface area contributed by atoms with Crippen LogP contribution in [0, 0.1) is 0 Å². The molecule has 1 atom stereocenters. The Balaban J connectivity index is 1.75. The van der Waals surface area contributed by atoms with Gasteiger partial charge in [-0.3, -0.25) is 13.9 Å². The van der Waals surface area contributed by atoms with Crippen LogP contribution in [0.15, 0.2) is 42.5 Å². The summed E-state index contributed by atoms with van der Waals surface area (Å²) in [6, 6.07) is 11.6. The van der Waals surface area contributed by atoms with Gasteiger partial charge in [-0.05, 0) is 54.8 Å². The highest BCUT2D eigenvalue weighted by Crippen LogP contribution is 2.34. The van der Waals surface area contributed by atoms with Crippen LogP contribution in [-0.2, 0) is 23.0 Å². The number of primary amides is 1. The van der Waals surface area contributed by atoms with Crippen LogP contribution in [0.2, 0.25) is 0 Å². The van der Waals surface area contributed by atoms with Crippen LogP contribution in [0.1, 0.15) is 38.8 Å². The monoisotopic (exact) mass is 387 g/mol. The van der Waals surface area contributed by atoms with Crippen molar-refractivity contribution in [2.45, 2.75) is 25.9 Å². The molecule has 3 N–H and O–H groups in total. The topological polar surface area (TPSA) is 110 Å². The summed E-state index contributed by atoms with van der Waals surface area (Å²) in [6.45, 7) is 2.09. The van der Waals surface area contributed by atoms with E-state index in [0.717, 1.165) is 11.1 Å². The zero-order valence-corrected chi connectivity index (χ0v) is 15.9. The number of sulfonamides is 1. The predicted molar refractivity (Wildman–Crippen MR) is 103 cm³/mol. The van der Waals surface area contributed by atoms with Gasteiger partial charge in [0.25, 0.3) is 5.91 Å². The van der Waals surface area contributed by atoms with Crippen LogP contribution in [-0.4, -0.2) is 32.5 Å². The van der Waals surface area contributed by atoms with Crippen molar-refractivity contribution in [3.8, 4) is 0 Å². The molecule has 3 rings (SSSR count). The second-order valence-electron chi connectivity index (χ2n) is 6.70. The summed E-state index contributed by atoms with van der Waals surface area (Å²) in [6.07, 6.45) is 1.74. The average Bonchev–Trinajstić information content (AvgIpc) is 2.94. The number of rotatable bonds is 5. The highest BCUT2D eigenvalue weighted by atomic mass is 32.2. The first kappa shape index (κ1) is 18.9. The first-order valence-corrected chi connectivity index (χ1v) is 10.3. The predicted octanol–water partition coefficient (Wildman–Crippen LogP) is 1.43. The van der Waals surface area contributed by atoms with E-state index in [2.05, 4.69) is 5.32 Å². The van der Waals surface area contributed by atoms with E-state index in [4.69, 9.17) is 5.73 Å². The van der Waals surface area contributed by atoms with Gasteiger partial charge in [0.1, 0.15) is 0 Å². The number of benzene rings is 2. The minimum absolute atomic E-state index is 0.176. The van der Waals surface area contributed by atoms with Crippen LogP contribution in [0.5, 0.6) is 0 Å². The normalized spacial score (nSPS) is 16.1. The molecule has 0 aliphatic carbocycles. The van der Waals surface area contributed by atoms with E-state index >= 15 is 0 Å². The lowest BCUT2D eigenvalue weighted by atomic mass is 10.1. The zero-order valence-electron chi connectivity index (χ0n) is 15.1. The van der Waals surface area contributed by atoms with Crippen LogP contribution in [0.25, 0.3) is 0 Å². The third-order valence-electron chi connectivity index (χ3n) is 4.52. The Kier molecular flexibility index (Phi) is 4.93. The molecular weight excluding hydrogens is 366 g/mol. The lowest BCUT2D eigenvalue weighted by Gasteiger charge is -2.21. The maximum atomic E-state index is 12.5. The van der Waals surface area contributed by atoms with Crippen molar-refractivity contribution in [2.75, 3.05) is 10.6 Å². The molecule has 1 aliphatic rings. The van der Waals surface area contributed by atoms with E-state index in [9.17, 15) is 18.0 Å². The van der Waals surface area contributed by atoms with Gasteiger partial charge < -0.3 is 11.1 Å². The van der Waals surface area contributed by atoms with Crippen molar-refractivity contribution >= 4 is 27.5 Å². The summed E-state index contributed by atoms with van der Waals surface area (Å²) < 4.78 is 25.3. The number of nitrogens with zero attached hydrogens (tertiary/aromatic N) is 1. The summed E-state index contributed by atoms with van der Waals surface area (Å²) in [4.78, 5) is 23.7. The summed E-state index contributed by atoms with van der Waals surface area (Å²) in [5.41, 5.74) is 8.32. The summed E-state index contributed by atoms with van der Waals surface area (Å²) in [7, 11) is -3.36. The highest BCUT2D eigenvalue weighted by molar-refractivity contribution is 7.92. The number of amides is 2. The van der Waals surface area contributed by atoms with Crippen LogP contribution < -0.4 is 15.4 Å². The second kappa shape index (κ2) is 7.03. The molecule has 1 heterocycles. The number of hydrogen-bond donors (Lipinski definition) is 2. The van der Waals surface area contributed by atoms with Crippen LogP contribution in [0.3, 0.4) is 0 Å². The molecule has 1 aliphatic heterocycles. The Morgan fingerprint density at radius 3 is 2.59 bits per heavy atom. The Morgan fingerprint density at radius 2 is 1.93 bits per heavy atom. The van der Waals surface area contributed by atoms with Gasteiger partial charge in [0.15, 0.2) is 0 Å². The standard InChI is InChI=1S/C19H21N3O4S/c1-12-8-16-10-15(6-7-17(16)22(12)27(2,25)26)19(24)21-11-13-4-3-5-14(9-13)18(20)23/h3-7,9-10,12H,8,11H2,1-2H3,(H2,20,23)(H,21,24). The van der Waals surface area contributed by atoms with E-state index in [0.29, 0.717) is 23.2 Å². The van der Waals surface area contributed by atoms with Gasteiger partial charge in [-0.2, -0.15) is 0 Å². The molecule has 142 valence electrons. The molecule has 1 unspecified atom stereocenters. The molecule has 0 radical (unpaired) electrons. The first-order valence-electron chi connectivity index (χ1n) is 8.46. The van der Waals surface area contributed by atoms with Crippen molar-refractivity contribution in [3.63, 3.8) is 0 Å². The number of fused-ring (bicyclic) bond motifs is 1. The van der Waals surface area contributed by atoms with Gasteiger partial charge in [0.2, 0.25) is 15.9 Å². The van der Waals surface area contributed by atoms with Crippen molar-refractivity contribution in [3.05, 3.63) is 64.7 Å². The number of nitrogens with two attached hydrogens (primary N) is 1. The number of nitrogens with one attached hydrogen (secondary N) is 1. The largest absolute Gasteiger partial charge is 0.366 e. The summed E-state index contributed by atoms with van der Waals surface area (Å²) in [5.74, 6) is -0.793. The number of anilines is 1. The van der Waals surface area contributed by atoms with Crippen molar-refractivity contribution < 1.29 is 18.0 Å². The average molecular weight is 387 g/mol. The van der Waals surface area contributed by atoms with Crippen LogP contribution >= 0.6 is 0 Å².